The van der Waals surface area contributed by atoms with E-state index < -0.39 is 12.1 Å². The molecule has 0 aliphatic carbocycles. The van der Waals surface area contributed by atoms with Crippen molar-refractivity contribution in [3.63, 3.8) is 0 Å². The van der Waals surface area contributed by atoms with Gasteiger partial charge < -0.3 is 24.6 Å². The summed E-state index contributed by atoms with van der Waals surface area (Å²) >= 11 is 0. The van der Waals surface area contributed by atoms with Gasteiger partial charge in [-0.25, -0.2) is 24.1 Å². The number of fused-ring (bicyclic) bond motifs is 3. The van der Waals surface area contributed by atoms with Crippen LogP contribution >= 0.6 is 0 Å². The molecule has 0 unspecified atom stereocenters. The summed E-state index contributed by atoms with van der Waals surface area (Å²) in [6, 6.07) is 7.36. The lowest BCUT2D eigenvalue weighted by molar-refractivity contribution is -0.0857. The zero-order valence-electron chi connectivity index (χ0n) is 22.6. The minimum atomic E-state index is -0.914. The van der Waals surface area contributed by atoms with Crippen molar-refractivity contribution in [2.75, 3.05) is 25.1 Å². The summed E-state index contributed by atoms with van der Waals surface area (Å²) in [6.07, 6.45) is 6.43. The first-order valence-corrected chi connectivity index (χ1v) is 13.4. The molecular weight excluding hydrogens is 530 g/mol. The van der Waals surface area contributed by atoms with Crippen molar-refractivity contribution in [2.45, 2.75) is 44.9 Å². The van der Waals surface area contributed by atoms with Gasteiger partial charge in [0.05, 0.1) is 56.0 Å². The summed E-state index contributed by atoms with van der Waals surface area (Å²) in [6.45, 7) is 4.66. The number of pyridine rings is 2. The van der Waals surface area contributed by atoms with Crippen LogP contribution in [0.1, 0.15) is 35.9 Å². The number of ether oxygens (including phenoxy) is 3. The molecule has 4 aromatic rings. The van der Waals surface area contributed by atoms with Gasteiger partial charge in [0.1, 0.15) is 17.7 Å². The number of hydrogen-bond acceptors (Lipinski definition) is 10. The molecule has 1 amide bonds. The number of anilines is 2. The molecule has 6 rings (SSSR count). The van der Waals surface area contributed by atoms with Crippen molar-refractivity contribution >= 4 is 29.2 Å². The average Bonchev–Trinajstić information content (AvgIpc) is 3.35. The molecule has 13 heteroatoms. The van der Waals surface area contributed by atoms with Crippen LogP contribution in [-0.4, -0.2) is 84.6 Å². The predicted molar refractivity (Wildman–Crippen MR) is 146 cm³/mol. The Balaban J connectivity index is 1.21. The van der Waals surface area contributed by atoms with Crippen LogP contribution in [0.4, 0.5) is 16.4 Å². The SMILES string of the molecule is CCOC(=O)c1cnc(Nc2cc3cc(-c4cc(C)ncc4O[C@H]4C[C@H]5COC[C@@H](C4)N5C(=O)O)ccn3n2)cn1. The summed E-state index contributed by atoms with van der Waals surface area (Å²) < 4.78 is 18.8. The second-order valence-corrected chi connectivity index (χ2v) is 10.0. The molecule has 0 aromatic carbocycles. The number of carboxylic acid groups (broad SMARTS) is 1. The first-order chi connectivity index (χ1) is 19.9. The van der Waals surface area contributed by atoms with E-state index in [4.69, 9.17) is 14.2 Å². The molecule has 41 heavy (non-hydrogen) atoms. The van der Waals surface area contributed by atoms with E-state index in [1.54, 1.807) is 17.6 Å². The second-order valence-electron chi connectivity index (χ2n) is 10.0. The lowest BCUT2D eigenvalue weighted by Crippen LogP contribution is -2.60. The molecule has 2 bridgehead atoms. The fraction of sp³-hybridized carbons (Fsp3) is 0.357. The standard InChI is InChI=1S/C28H29N7O6/c1-3-40-27(36)23-11-31-26(13-30-23)32-25-10-18-7-17(4-5-34(18)33-25)22-6-16(2)29-12-24(22)41-21-8-19-14-39-15-20(9-21)35(19)28(37)38/h4-7,10-13,19-21H,3,8-9,14-15H2,1-2H3,(H,37,38)(H,31,32,33)/t19-,20+,21-. The Morgan fingerprint density at radius 2 is 1.88 bits per heavy atom. The first-order valence-electron chi connectivity index (χ1n) is 13.4. The molecule has 2 aliphatic heterocycles. The largest absolute Gasteiger partial charge is 0.488 e. The monoisotopic (exact) mass is 559 g/mol. The Kier molecular flexibility index (Phi) is 7.10. The number of morpholine rings is 1. The molecular formula is C28H29N7O6. The summed E-state index contributed by atoms with van der Waals surface area (Å²) in [4.78, 5) is 37.9. The van der Waals surface area contributed by atoms with E-state index in [-0.39, 0.29) is 30.5 Å². The molecule has 2 N–H and O–H groups in total. The third-order valence-electron chi connectivity index (χ3n) is 7.16. The molecule has 4 aromatic heterocycles. The molecule has 3 atom stereocenters. The van der Waals surface area contributed by atoms with E-state index in [2.05, 4.69) is 25.4 Å². The number of nitrogens with zero attached hydrogens (tertiary/aromatic N) is 6. The van der Waals surface area contributed by atoms with E-state index in [1.165, 1.54) is 17.3 Å². The van der Waals surface area contributed by atoms with Gasteiger partial charge in [0, 0.05) is 36.4 Å². The van der Waals surface area contributed by atoms with Gasteiger partial charge in [0.15, 0.2) is 11.5 Å². The molecule has 0 spiro atoms. The van der Waals surface area contributed by atoms with Gasteiger partial charge in [-0.05, 0) is 37.6 Å². The van der Waals surface area contributed by atoms with Crippen LogP contribution in [0.2, 0.25) is 0 Å². The fourth-order valence-electron chi connectivity index (χ4n) is 5.38. The maximum atomic E-state index is 11.8. The van der Waals surface area contributed by atoms with E-state index >= 15 is 0 Å². The van der Waals surface area contributed by atoms with Gasteiger partial charge in [-0.15, -0.1) is 0 Å². The number of amides is 1. The van der Waals surface area contributed by atoms with Crippen molar-refractivity contribution in [2.24, 2.45) is 0 Å². The van der Waals surface area contributed by atoms with Crippen LogP contribution in [0.25, 0.3) is 16.6 Å². The topological polar surface area (TPSA) is 153 Å². The number of rotatable bonds is 7. The quantitative estimate of drug-likeness (QED) is 0.319. The zero-order valence-corrected chi connectivity index (χ0v) is 22.6. The molecule has 212 valence electrons. The first kappa shape index (κ1) is 26.4. The molecule has 0 saturated carbocycles. The number of aryl methyl sites for hydroxylation is 1. The van der Waals surface area contributed by atoms with Crippen LogP contribution < -0.4 is 10.1 Å². The highest BCUT2D eigenvalue weighted by Gasteiger charge is 2.42. The molecule has 13 nitrogen and oxygen atoms in total. The number of piperidine rings is 1. The van der Waals surface area contributed by atoms with Crippen LogP contribution in [0.15, 0.2) is 49.1 Å². The minimum Gasteiger partial charge on any atom is -0.488 e. The second kappa shape index (κ2) is 11.0. The van der Waals surface area contributed by atoms with E-state index in [0.29, 0.717) is 43.4 Å². The highest BCUT2D eigenvalue weighted by atomic mass is 16.5. The number of nitrogens with one attached hydrogen (secondary N) is 1. The third kappa shape index (κ3) is 5.48. The van der Waals surface area contributed by atoms with Crippen molar-refractivity contribution in [1.29, 1.82) is 0 Å². The maximum absolute atomic E-state index is 11.8. The van der Waals surface area contributed by atoms with Crippen molar-refractivity contribution < 1.29 is 28.9 Å². The van der Waals surface area contributed by atoms with Crippen molar-refractivity contribution in [3.8, 4) is 16.9 Å². The zero-order chi connectivity index (χ0) is 28.5. The summed E-state index contributed by atoms with van der Waals surface area (Å²) in [7, 11) is 0. The molecule has 2 fully saturated rings. The molecule has 2 saturated heterocycles. The maximum Gasteiger partial charge on any atom is 0.407 e. The lowest BCUT2D eigenvalue weighted by Gasteiger charge is -2.46. The van der Waals surface area contributed by atoms with Gasteiger partial charge in [-0.3, -0.25) is 9.88 Å². The molecule has 0 radical (unpaired) electrons. The summed E-state index contributed by atoms with van der Waals surface area (Å²) in [5, 5.41) is 17.3. The van der Waals surface area contributed by atoms with E-state index in [0.717, 1.165) is 22.3 Å². The Morgan fingerprint density at radius 1 is 1.07 bits per heavy atom. The number of hydrogen-bond donors (Lipinski definition) is 2. The average molecular weight is 560 g/mol. The normalized spacial score (nSPS) is 20.0. The van der Waals surface area contributed by atoms with Crippen LogP contribution in [-0.2, 0) is 9.47 Å². The summed E-state index contributed by atoms with van der Waals surface area (Å²) in [5.41, 5.74) is 3.63. The van der Waals surface area contributed by atoms with E-state index in [9.17, 15) is 14.7 Å². The minimum absolute atomic E-state index is 0.131. The fourth-order valence-corrected chi connectivity index (χ4v) is 5.38. The highest BCUT2D eigenvalue weighted by molar-refractivity contribution is 5.87. The lowest BCUT2D eigenvalue weighted by atomic mass is 9.92. The van der Waals surface area contributed by atoms with Gasteiger partial charge in [0.25, 0.3) is 0 Å². The number of esters is 1. The van der Waals surface area contributed by atoms with E-state index in [1.807, 2.05) is 37.4 Å². The van der Waals surface area contributed by atoms with Crippen LogP contribution in [0.5, 0.6) is 5.75 Å². The predicted octanol–water partition coefficient (Wildman–Crippen LogP) is 3.70. The highest BCUT2D eigenvalue weighted by Crippen LogP contribution is 2.35. The van der Waals surface area contributed by atoms with Gasteiger partial charge in [-0.1, -0.05) is 0 Å². The molecule has 6 heterocycles. The smallest absolute Gasteiger partial charge is 0.407 e. The number of carbonyl (C=O) groups excluding carboxylic acids is 1. The number of aromatic nitrogens is 5. The Morgan fingerprint density at radius 3 is 2.59 bits per heavy atom. The van der Waals surface area contributed by atoms with Crippen LogP contribution in [0, 0.1) is 6.92 Å². The number of carbonyl (C=O) groups is 2. The van der Waals surface area contributed by atoms with Gasteiger partial charge in [0.2, 0.25) is 0 Å². The Labute approximate surface area is 235 Å². The van der Waals surface area contributed by atoms with Gasteiger partial charge >= 0.3 is 12.1 Å². The Bertz CT molecular complexity index is 1580. The van der Waals surface area contributed by atoms with Gasteiger partial charge in [-0.2, -0.15) is 5.10 Å². The molecule has 2 aliphatic rings. The third-order valence-corrected chi connectivity index (χ3v) is 7.16. The summed E-state index contributed by atoms with van der Waals surface area (Å²) in [5.74, 6) is 1.11. The Hall–Kier alpha value is -4.78. The van der Waals surface area contributed by atoms with Crippen molar-refractivity contribution in [1.82, 2.24) is 29.5 Å². The van der Waals surface area contributed by atoms with Crippen molar-refractivity contribution in [3.05, 3.63) is 60.4 Å². The van der Waals surface area contributed by atoms with Crippen LogP contribution in [0.3, 0.4) is 0 Å².